The van der Waals surface area contributed by atoms with Gasteiger partial charge in [-0.25, -0.2) is 4.98 Å². The third-order valence-electron chi connectivity index (χ3n) is 2.67. The number of aliphatic hydroxyl groups is 1. The molecule has 0 atom stereocenters. The van der Waals surface area contributed by atoms with Gasteiger partial charge in [-0.05, 0) is 30.7 Å². The van der Waals surface area contributed by atoms with Gasteiger partial charge in [-0.3, -0.25) is 9.89 Å². The Morgan fingerprint density at radius 2 is 2.35 bits per heavy atom. The number of hydrogen-bond donors (Lipinski definition) is 3. The van der Waals surface area contributed by atoms with Gasteiger partial charge in [0.2, 0.25) is 0 Å². The molecular weight excluding hydrogens is 256 g/mol. The van der Waals surface area contributed by atoms with Crippen molar-refractivity contribution in [2.75, 3.05) is 6.61 Å². The van der Waals surface area contributed by atoms with Crippen LogP contribution >= 0.6 is 0 Å². The van der Waals surface area contributed by atoms with Crippen LogP contribution in [0, 0.1) is 18.8 Å². The van der Waals surface area contributed by atoms with Crippen molar-refractivity contribution in [2.24, 2.45) is 0 Å². The van der Waals surface area contributed by atoms with Crippen molar-refractivity contribution in [3.63, 3.8) is 0 Å². The van der Waals surface area contributed by atoms with E-state index in [1.807, 2.05) is 6.92 Å². The second-order valence-corrected chi connectivity index (χ2v) is 4.10. The third kappa shape index (κ3) is 3.43. The first-order valence-electron chi connectivity index (χ1n) is 6.03. The van der Waals surface area contributed by atoms with Crippen molar-refractivity contribution >= 4 is 5.91 Å². The van der Waals surface area contributed by atoms with Crippen LogP contribution in [0.3, 0.4) is 0 Å². The van der Waals surface area contributed by atoms with Crippen molar-refractivity contribution in [1.82, 2.24) is 20.5 Å². The zero-order valence-electron chi connectivity index (χ0n) is 11.0. The van der Waals surface area contributed by atoms with Crippen LogP contribution in [0.2, 0.25) is 0 Å². The number of nitrogens with one attached hydrogen (secondary N) is 2. The Bertz CT molecular complexity index is 654. The summed E-state index contributed by atoms with van der Waals surface area (Å²) in [7, 11) is 0. The summed E-state index contributed by atoms with van der Waals surface area (Å²) in [6.45, 7) is 1.98. The summed E-state index contributed by atoms with van der Waals surface area (Å²) in [4.78, 5) is 15.9. The summed E-state index contributed by atoms with van der Waals surface area (Å²) in [5, 5.41) is 17.8. The molecule has 2 rings (SSSR count). The summed E-state index contributed by atoms with van der Waals surface area (Å²) in [5.41, 5.74) is 2.24. The van der Waals surface area contributed by atoms with Gasteiger partial charge in [-0.2, -0.15) is 5.10 Å². The summed E-state index contributed by atoms with van der Waals surface area (Å²) < 4.78 is 0. The van der Waals surface area contributed by atoms with E-state index in [-0.39, 0.29) is 12.5 Å². The van der Waals surface area contributed by atoms with Gasteiger partial charge >= 0.3 is 0 Å². The topological polar surface area (TPSA) is 90.9 Å². The van der Waals surface area contributed by atoms with E-state index in [0.29, 0.717) is 17.9 Å². The Labute approximate surface area is 116 Å². The summed E-state index contributed by atoms with van der Waals surface area (Å²) in [6, 6.07) is 5.22. The molecule has 0 unspecified atom stereocenters. The molecule has 1 aromatic carbocycles. The van der Waals surface area contributed by atoms with E-state index in [1.54, 1.807) is 18.2 Å². The summed E-state index contributed by atoms with van der Waals surface area (Å²) in [6.07, 6.45) is 1.39. The van der Waals surface area contributed by atoms with Crippen LogP contribution in [0.5, 0.6) is 0 Å². The van der Waals surface area contributed by atoms with Crippen LogP contribution in [0.4, 0.5) is 0 Å². The van der Waals surface area contributed by atoms with E-state index in [0.717, 1.165) is 11.1 Å². The quantitative estimate of drug-likeness (QED) is 0.703. The van der Waals surface area contributed by atoms with Crippen LogP contribution in [0.1, 0.15) is 27.3 Å². The van der Waals surface area contributed by atoms with E-state index in [4.69, 9.17) is 5.11 Å². The van der Waals surface area contributed by atoms with Gasteiger partial charge in [-0.15, -0.1) is 0 Å². The SMILES string of the molecule is Cc1cc(C(=O)NCc2ncn[nH]2)ccc1C#CCO. The first kappa shape index (κ1) is 13.8. The highest BCUT2D eigenvalue weighted by atomic mass is 16.2. The lowest BCUT2D eigenvalue weighted by atomic mass is 10.0. The van der Waals surface area contributed by atoms with Crippen LogP contribution in [0.15, 0.2) is 24.5 Å². The van der Waals surface area contributed by atoms with Gasteiger partial charge in [0.25, 0.3) is 5.91 Å². The van der Waals surface area contributed by atoms with Crippen molar-refractivity contribution in [2.45, 2.75) is 13.5 Å². The number of hydrogen-bond acceptors (Lipinski definition) is 4. The van der Waals surface area contributed by atoms with Gasteiger partial charge in [0.15, 0.2) is 0 Å². The van der Waals surface area contributed by atoms with Crippen LogP contribution < -0.4 is 5.32 Å². The van der Waals surface area contributed by atoms with Crippen molar-refractivity contribution in [3.8, 4) is 11.8 Å². The molecule has 6 nitrogen and oxygen atoms in total. The molecule has 0 fully saturated rings. The Balaban J connectivity index is 2.05. The van der Waals surface area contributed by atoms with E-state index in [9.17, 15) is 4.79 Å². The fourth-order valence-corrected chi connectivity index (χ4v) is 1.66. The van der Waals surface area contributed by atoms with Crippen LogP contribution in [-0.2, 0) is 6.54 Å². The molecule has 1 heterocycles. The number of aliphatic hydroxyl groups excluding tert-OH is 1. The molecule has 0 spiro atoms. The number of nitrogens with zero attached hydrogens (tertiary/aromatic N) is 2. The van der Waals surface area contributed by atoms with Crippen LogP contribution in [0.25, 0.3) is 0 Å². The molecule has 0 aliphatic rings. The fraction of sp³-hybridized carbons (Fsp3) is 0.214. The van der Waals surface area contributed by atoms with Crippen LogP contribution in [-0.4, -0.2) is 32.8 Å². The standard InChI is InChI=1S/C14H14N4O2/c1-10-7-12(5-4-11(10)3-2-6-19)14(20)15-8-13-16-9-17-18-13/h4-5,7,9,19H,6,8H2,1H3,(H,15,20)(H,16,17,18). The molecule has 6 heteroatoms. The number of amides is 1. The Kier molecular flexibility index (Phi) is 4.47. The molecule has 0 saturated carbocycles. The number of H-pyrrole nitrogens is 1. The lowest BCUT2D eigenvalue weighted by molar-refractivity contribution is 0.0950. The molecule has 1 amide bonds. The van der Waals surface area contributed by atoms with Gasteiger partial charge in [0.1, 0.15) is 18.8 Å². The van der Waals surface area contributed by atoms with E-state index in [1.165, 1.54) is 6.33 Å². The first-order valence-corrected chi connectivity index (χ1v) is 6.03. The molecule has 102 valence electrons. The van der Waals surface area contributed by atoms with E-state index >= 15 is 0 Å². The Morgan fingerprint density at radius 1 is 1.50 bits per heavy atom. The molecular formula is C14H14N4O2. The number of aryl methyl sites for hydroxylation is 1. The monoisotopic (exact) mass is 270 g/mol. The average Bonchev–Trinajstić information content (AvgIpc) is 2.96. The van der Waals surface area contributed by atoms with Gasteiger partial charge < -0.3 is 10.4 Å². The molecule has 0 radical (unpaired) electrons. The normalized spacial score (nSPS) is 9.70. The number of aromatic amines is 1. The average molecular weight is 270 g/mol. The second kappa shape index (κ2) is 6.50. The lowest BCUT2D eigenvalue weighted by Gasteiger charge is -2.05. The maximum atomic E-state index is 12.0. The van der Waals surface area contributed by atoms with Gasteiger partial charge in [0.05, 0.1) is 6.54 Å². The minimum atomic E-state index is -0.189. The molecule has 0 aliphatic heterocycles. The highest BCUT2D eigenvalue weighted by Crippen LogP contribution is 2.10. The smallest absolute Gasteiger partial charge is 0.251 e. The van der Waals surface area contributed by atoms with E-state index in [2.05, 4.69) is 32.3 Å². The highest BCUT2D eigenvalue weighted by molar-refractivity contribution is 5.94. The predicted molar refractivity (Wildman–Crippen MR) is 72.7 cm³/mol. The number of benzene rings is 1. The lowest BCUT2D eigenvalue weighted by Crippen LogP contribution is -2.23. The zero-order chi connectivity index (χ0) is 14.4. The maximum Gasteiger partial charge on any atom is 0.251 e. The van der Waals surface area contributed by atoms with Crippen molar-refractivity contribution in [1.29, 1.82) is 0 Å². The van der Waals surface area contributed by atoms with Crippen molar-refractivity contribution in [3.05, 3.63) is 47.0 Å². The third-order valence-corrected chi connectivity index (χ3v) is 2.67. The number of aromatic nitrogens is 3. The largest absolute Gasteiger partial charge is 0.384 e. The first-order chi connectivity index (χ1) is 9.70. The number of carbonyl (C=O) groups is 1. The fourth-order valence-electron chi connectivity index (χ4n) is 1.66. The molecule has 3 N–H and O–H groups in total. The Hall–Kier alpha value is -2.65. The zero-order valence-corrected chi connectivity index (χ0v) is 11.0. The molecule has 1 aromatic heterocycles. The second-order valence-electron chi connectivity index (χ2n) is 4.10. The highest BCUT2D eigenvalue weighted by Gasteiger charge is 2.07. The molecule has 0 saturated heterocycles. The summed E-state index contributed by atoms with van der Waals surface area (Å²) in [5.74, 6) is 5.82. The minimum absolute atomic E-state index is 0.182. The molecule has 0 bridgehead atoms. The minimum Gasteiger partial charge on any atom is -0.384 e. The number of rotatable bonds is 3. The Morgan fingerprint density at radius 3 is 3.00 bits per heavy atom. The predicted octanol–water partition coefficient (Wildman–Crippen LogP) is 0.387. The van der Waals surface area contributed by atoms with Gasteiger partial charge in [-0.1, -0.05) is 11.8 Å². The molecule has 0 aliphatic carbocycles. The van der Waals surface area contributed by atoms with E-state index < -0.39 is 0 Å². The number of carbonyl (C=O) groups excluding carboxylic acids is 1. The molecule has 2 aromatic rings. The summed E-state index contributed by atoms with van der Waals surface area (Å²) >= 11 is 0. The molecule has 20 heavy (non-hydrogen) atoms. The van der Waals surface area contributed by atoms with Crippen molar-refractivity contribution < 1.29 is 9.90 Å². The van der Waals surface area contributed by atoms with Gasteiger partial charge in [0, 0.05) is 11.1 Å². The maximum absolute atomic E-state index is 12.0.